The van der Waals surface area contributed by atoms with E-state index in [0.717, 1.165) is 12.0 Å². The Morgan fingerprint density at radius 2 is 2.43 bits per heavy atom. The summed E-state index contributed by atoms with van der Waals surface area (Å²) in [5, 5.41) is 4.88. The Hall–Kier alpha value is -1.09. The lowest BCUT2D eigenvalue weighted by Gasteiger charge is -2.02. The van der Waals surface area contributed by atoms with E-state index < -0.39 is 0 Å². The van der Waals surface area contributed by atoms with Gasteiger partial charge in [-0.05, 0) is 24.8 Å². The Labute approximate surface area is 88.6 Å². The predicted molar refractivity (Wildman–Crippen MR) is 60.2 cm³/mol. The third-order valence-electron chi connectivity index (χ3n) is 1.87. The second kappa shape index (κ2) is 5.60. The topological polar surface area (TPSA) is 29.1 Å². The Balaban J connectivity index is 2.39. The fraction of sp³-hybridized carbons (Fsp3) is 0.364. The van der Waals surface area contributed by atoms with Gasteiger partial charge in [-0.1, -0.05) is 19.1 Å². The molecule has 0 aliphatic heterocycles. The molecule has 0 unspecified atom stereocenters. The number of carbonyl (C=O) groups excluding carboxylic acids is 1. The molecule has 1 aromatic heterocycles. The van der Waals surface area contributed by atoms with Gasteiger partial charge in [-0.2, -0.15) is 0 Å². The first-order chi connectivity index (χ1) is 6.74. The van der Waals surface area contributed by atoms with Crippen molar-refractivity contribution >= 4 is 17.2 Å². The fourth-order valence-electron chi connectivity index (χ4n) is 1.12. The van der Waals surface area contributed by atoms with Crippen molar-refractivity contribution in [3.8, 4) is 0 Å². The highest BCUT2D eigenvalue weighted by molar-refractivity contribution is 7.09. The zero-order chi connectivity index (χ0) is 10.4. The van der Waals surface area contributed by atoms with Crippen LogP contribution in [0.2, 0.25) is 0 Å². The summed E-state index contributed by atoms with van der Waals surface area (Å²) in [4.78, 5) is 12.6. The van der Waals surface area contributed by atoms with Crippen LogP contribution in [-0.2, 0) is 11.3 Å². The molecule has 1 aromatic rings. The van der Waals surface area contributed by atoms with Crippen molar-refractivity contribution in [2.45, 2.75) is 26.8 Å². The Kier molecular flexibility index (Phi) is 4.40. The number of hydrogen-bond acceptors (Lipinski definition) is 2. The monoisotopic (exact) mass is 209 g/mol. The van der Waals surface area contributed by atoms with Crippen molar-refractivity contribution in [3.63, 3.8) is 0 Å². The molecule has 0 bridgehead atoms. The Bertz CT molecular complexity index is 314. The highest BCUT2D eigenvalue weighted by Crippen LogP contribution is 2.07. The van der Waals surface area contributed by atoms with Gasteiger partial charge in [-0.25, -0.2) is 0 Å². The highest BCUT2D eigenvalue weighted by atomic mass is 32.1. The minimum Gasteiger partial charge on any atom is -0.347 e. The average Bonchev–Trinajstić information content (AvgIpc) is 2.67. The quantitative estimate of drug-likeness (QED) is 0.759. The van der Waals surface area contributed by atoms with Gasteiger partial charge in [-0.3, -0.25) is 4.79 Å². The molecule has 2 nitrogen and oxygen atoms in total. The van der Waals surface area contributed by atoms with Gasteiger partial charge in [0, 0.05) is 10.5 Å². The molecule has 0 atom stereocenters. The maximum absolute atomic E-state index is 11.5. The molecule has 0 aromatic carbocycles. The van der Waals surface area contributed by atoms with E-state index in [-0.39, 0.29) is 5.91 Å². The molecule has 0 saturated heterocycles. The molecule has 0 radical (unpaired) electrons. The number of amides is 1. The molecule has 0 aliphatic carbocycles. The van der Waals surface area contributed by atoms with Crippen molar-refractivity contribution in [2.75, 3.05) is 0 Å². The smallest absolute Gasteiger partial charge is 0.246 e. The van der Waals surface area contributed by atoms with Gasteiger partial charge in [0.1, 0.15) is 0 Å². The molecular weight excluding hydrogens is 194 g/mol. The lowest BCUT2D eigenvalue weighted by atomic mass is 10.2. The van der Waals surface area contributed by atoms with E-state index in [1.165, 1.54) is 4.88 Å². The molecule has 1 heterocycles. The van der Waals surface area contributed by atoms with Gasteiger partial charge in [0.25, 0.3) is 0 Å². The molecule has 0 saturated carbocycles. The average molecular weight is 209 g/mol. The van der Waals surface area contributed by atoms with Crippen LogP contribution < -0.4 is 5.32 Å². The van der Waals surface area contributed by atoms with Gasteiger partial charge in [-0.15, -0.1) is 11.3 Å². The molecule has 0 aliphatic rings. The zero-order valence-electron chi connectivity index (χ0n) is 8.54. The van der Waals surface area contributed by atoms with Crippen LogP contribution in [0, 0.1) is 0 Å². The van der Waals surface area contributed by atoms with Crippen LogP contribution in [0.4, 0.5) is 0 Å². The first-order valence-corrected chi connectivity index (χ1v) is 5.59. The molecule has 14 heavy (non-hydrogen) atoms. The van der Waals surface area contributed by atoms with E-state index in [1.807, 2.05) is 37.4 Å². The van der Waals surface area contributed by atoms with Crippen LogP contribution in [0.1, 0.15) is 25.1 Å². The maximum atomic E-state index is 11.5. The summed E-state index contributed by atoms with van der Waals surface area (Å²) >= 11 is 1.66. The number of allylic oxidation sites excluding steroid dienone is 1. The first kappa shape index (κ1) is 11.0. The highest BCUT2D eigenvalue weighted by Gasteiger charge is 2.02. The van der Waals surface area contributed by atoms with Gasteiger partial charge in [0.15, 0.2) is 0 Å². The summed E-state index contributed by atoms with van der Waals surface area (Å²) < 4.78 is 0. The van der Waals surface area contributed by atoms with Crippen LogP contribution in [0.5, 0.6) is 0 Å². The van der Waals surface area contributed by atoms with E-state index in [2.05, 4.69) is 5.32 Å². The number of carbonyl (C=O) groups is 1. The minimum absolute atomic E-state index is 0.0280. The molecule has 1 amide bonds. The zero-order valence-corrected chi connectivity index (χ0v) is 9.36. The lowest BCUT2D eigenvalue weighted by molar-refractivity contribution is -0.117. The molecule has 76 valence electrons. The van der Waals surface area contributed by atoms with E-state index in [9.17, 15) is 4.79 Å². The number of hydrogen-bond donors (Lipinski definition) is 1. The molecular formula is C11H15NOS. The van der Waals surface area contributed by atoms with Gasteiger partial charge >= 0.3 is 0 Å². The van der Waals surface area contributed by atoms with E-state index >= 15 is 0 Å². The standard InChI is InChI=1S/C11H15NOS/c1-3-5-9(2)11(13)12-8-10-6-4-7-14-10/h4-7H,3,8H2,1-2H3,(H,12,13)/b9-5-. The van der Waals surface area contributed by atoms with Crippen molar-refractivity contribution < 1.29 is 4.79 Å². The van der Waals surface area contributed by atoms with E-state index in [0.29, 0.717) is 6.54 Å². The summed E-state index contributed by atoms with van der Waals surface area (Å²) in [6.45, 7) is 4.49. The fourth-order valence-corrected chi connectivity index (χ4v) is 1.76. The molecule has 3 heteroatoms. The van der Waals surface area contributed by atoms with Crippen LogP contribution in [-0.4, -0.2) is 5.91 Å². The molecule has 0 spiro atoms. The third kappa shape index (κ3) is 3.34. The second-order valence-electron chi connectivity index (χ2n) is 3.06. The summed E-state index contributed by atoms with van der Waals surface area (Å²) in [6, 6.07) is 4.00. The van der Waals surface area contributed by atoms with Gasteiger partial charge in [0.05, 0.1) is 6.54 Å². The van der Waals surface area contributed by atoms with Crippen LogP contribution in [0.3, 0.4) is 0 Å². The summed E-state index contributed by atoms with van der Waals surface area (Å²) in [5.41, 5.74) is 0.795. The third-order valence-corrected chi connectivity index (χ3v) is 2.75. The number of thiophene rings is 1. The van der Waals surface area contributed by atoms with Crippen LogP contribution in [0.15, 0.2) is 29.2 Å². The molecule has 1 rings (SSSR count). The second-order valence-corrected chi connectivity index (χ2v) is 4.09. The first-order valence-electron chi connectivity index (χ1n) is 4.71. The molecule has 0 fully saturated rings. The van der Waals surface area contributed by atoms with Gasteiger partial charge < -0.3 is 5.32 Å². The minimum atomic E-state index is 0.0280. The summed E-state index contributed by atoms with van der Waals surface area (Å²) in [6.07, 6.45) is 2.84. The van der Waals surface area contributed by atoms with E-state index in [1.54, 1.807) is 11.3 Å². The summed E-state index contributed by atoms with van der Waals surface area (Å²) in [7, 11) is 0. The van der Waals surface area contributed by atoms with Crippen molar-refractivity contribution in [3.05, 3.63) is 34.0 Å². The van der Waals surface area contributed by atoms with Gasteiger partial charge in [0.2, 0.25) is 5.91 Å². The van der Waals surface area contributed by atoms with E-state index in [4.69, 9.17) is 0 Å². The predicted octanol–water partition coefficient (Wildman–Crippen LogP) is 2.72. The normalized spacial score (nSPS) is 11.4. The maximum Gasteiger partial charge on any atom is 0.246 e. The Morgan fingerprint density at radius 3 is 3.00 bits per heavy atom. The van der Waals surface area contributed by atoms with Crippen LogP contribution >= 0.6 is 11.3 Å². The van der Waals surface area contributed by atoms with Crippen molar-refractivity contribution in [2.24, 2.45) is 0 Å². The number of nitrogens with one attached hydrogen (secondary N) is 1. The largest absolute Gasteiger partial charge is 0.347 e. The Morgan fingerprint density at radius 1 is 1.64 bits per heavy atom. The van der Waals surface area contributed by atoms with Crippen molar-refractivity contribution in [1.29, 1.82) is 0 Å². The lowest BCUT2D eigenvalue weighted by Crippen LogP contribution is -2.22. The SMILES string of the molecule is CC/C=C(/C)C(=O)NCc1cccs1. The molecule has 1 N–H and O–H groups in total. The number of rotatable bonds is 4. The van der Waals surface area contributed by atoms with Crippen LogP contribution in [0.25, 0.3) is 0 Å². The summed E-state index contributed by atoms with van der Waals surface area (Å²) in [5.74, 6) is 0.0280. The van der Waals surface area contributed by atoms with Crippen molar-refractivity contribution in [1.82, 2.24) is 5.32 Å².